The molecule has 0 aromatic heterocycles. The van der Waals surface area contributed by atoms with Crippen LogP contribution in [-0.4, -0.2) is 22.8 Å². The summed E-state index contributed by atoms with van der Waals surface area (Å²) in [4.78, 5) is 11.1. The van der Waals surface area contributed by atoms with Crippen LogP contribution in [-0.2, 0) is 4.79 Å². The number of carbonyl (C=O) groups is 1. The molecule has 2 atom stereocenters. The molecule has 1 aromatic rings. The van der Waals surface area contributed by atoms with E-state index in [1.807, 2.05) is 13.8 Å². The van der Waals surface area contributed by atoms with Crippen molar-refractivity contribution in [2.45, 2.75) is 31.5 Å². The number of rotatable bonds is 3. The molecule has 0 bridgehead atoms. The number of fused-ring (bicyclic) bond motifs is 1. The number of carboxylic acids is 1. The molecule has 2 rings (SSSR count). The zero-order chi connectivity index (χ0) is 15.1. The Kier molecular flexibility index (Phi) is 3.83. The number of hydrogen-bond donors (Lipinski definition) is 1. The van der Waals surface area contributed by atoms with Crippen molar-refractivity contribution in [3.8, 4) is 5.75 Å². The summed E-state index contributed by atoms with van der Waals surface area (Å²) in [6, 6.07) is 5.20. The quantitative estimate of drug-likeness (QED) is 0.869. The van der Waals surface area contributed by atoms with Gasteiger partial charge in [-0.15, -0.1) is 0 Å². The molecule has 20 heavy (non-hydrogen) atoms. The van der Waals surface area contributed by atoms with E-state index in [1.165, 1.54) is 15.3 Å². The maximum absolute atomic E-state index is 13.6. The van der Waals surface area contributed by atoms with Crippen LogP contribution in [0, 0.1) is 0 Å². The number of ether oxygens (including phenoxy) is 1. The van der Waals surface area contributed by atoms with Gasteiger partial charge in [0.25, 0.3) is 5.66 Å². The fourth-order valence-electron chi connectivity index (χ4n) is 2.16. The van der Waals surface area contributed by atoms with Crippen molar-refractivity contribution in [3.63, 3.8) is 0 Å². The smallest absolute Gasteiger partial charge is 0.335 e. The lowest BCUT2D eigenvalue weighted by Crippen LogP contribution is -2.39. The van der Waals surface area contributed by atoms with Crippen molar-refractivity contribution in [2.75, 3.05) is 0 Å². The Morgan fingerprint density at radius 3 is 2.60 bits per heavy atom. The molecule has 0 spiro atoms. The first-order valence-corrected chi connectivity index (χ1v) is 6.70. The number of para-hydroxylation sites is 1. The third-order valence-corrected chi connectivity index (χ3v) is 3.43. The number of carboxylic acid groups (broad SMARTS) is 1. The molecular weight excluding hydrogens is 285 g/mol. The highest BCUT2D eigenvalue weighted by Gasteiger charge is 2.44. The van der Waals surface area contributed by atoms with Gasteiger partial charge in [-0.25, -0.2) is 4.79 Å². The Morgan fingerprint density at radius 1 is 1.45 bits per heavy atom. The van der Waals surface area contributed by atoms with Crippen molar-refractivity contribution in [2.24, 2.45) is 0 Å². The maximum atomic E-state index is 13.6. The molecule has 6 heteroatoms. The summed E-state index contributed by atoms with van der Waals surface area (Å²) in [6.07, 6.45) is -0.548. The lowest BCUT2D eigenvalue weighted by Gasteiger charge is -2.31. The Hall–Kier alpha value is -1.48. The molecule has 1 aromatic carbocycles. The summed E-state index contributed by atoms with van der Waals surface area (Å²) < 4.78 is 32.5. The van der Waals surface area contributed by atoms with Crippen LogP contribution < -0.4 is 4.74 Å². The van der Waals surface area contributed by atoms with Gasteiger partial charge in [0, 0.05) is 5.56 Å². The van der Waals surface area contributed by atoms with Crippen LogP contribution in [0.15, 0.2) is 23.8 Å². The summed E-state index contributed by atoms with van der Waals surface area (Å²) in [5.74, 6) is -0.985. The van der Waals surface area contributed by atoms with Crippen molar-refractivity contribution in [3.05, 3.63) is 34.9 Å². The van der Waals surface area contributed by atoms with E-state index in [-0.39, 0.29) is 5.92 Å². The number of alkyl halides is 2. The van der Waals surface area contributed by atoms with Gasteiger partial charge in [-0.2, -0.15) is 8.78 Å². The molecule has 3 nitrogen and oxygen atoms in total. The molecule has 0 radical (unpaired) electrons. The van der Waals surface area contributed by atoms with Crippen LogP contribution in [0.4, 0.5) is 8.78 Å². The van der Waals surface area contributed by atoms with Crippen LogP contribution in [0.1, 0.15) is 30.9 Å². The maximum Gasteiger partial charge on any atom is 0.335 e. The lowest BCUT2D eigenvalue weighted by molar-refractivity contribution is -0.135. The van der Waals surface area contributed by atoms with Crippen LogP contribution in [0.5, 0.6) is 5.75 Å². The number of hydrogen-bond acceptors (Lipinski definition) is 2. The van der Waals surface area contributed by atoms with Crippen LogP contribution in [0.2, 0.25) is 0 Å². The van der Waals surface area contributed by atoms with E-state index in [0.717, 1.165) is 5.56 Å². The molecule has 2 unspecified atom stereocenters. The fraction of sp³-hybridized carbons (Fsp3) is 0.357. The average molecular weight is 300 g/mol. The summed E-state index contributed by atoms with van der Waals surface area (Å²) in [5.41, 5.74) is -2.51. The number of benzene rings is 1. The van der Waals surface area contributed by atoms with Gasteiger partial charge >= 0.3 is 5.97 Å². The SMILES string of the molecule is CC(C)c1cccc2c1OC(C(F)(F)P)C(C(=O)O)=C2. The van der Waals surface area contributed by atoms with Gasteiger partial charge in [0.15, 0.2) is 6.10 Å². The summed E-state index contributed by atoms with van der Waals surface area (Å²) >= 11 is 0. The number of halogens is 2. The van der Waals surface area contributed by atoms with E-state index in [2.05, 4.69) is 0 Å². The Balaban J connectivity index is 2.60. The van der Waals surface area contributed by atoms with Crippen LogP contribution in [0.25, 0.3) is 6.08 Å². The molecule has 1 heterocycles. The zero-order valence-corrected chi connectivity index (χ0v) is 12.2. The second-order valence-electron chi connectivity index (χ2n) is 5.00. The Labute approximate surface area is 117 Å². The van der Waals surface area contributed by atoms with Crippen molar-refractivity contribution in [1.82, 2.24) is 0 Å². The van der Waals surface area contributed by atoms with Gasteiger partial charge in [0.2, 0.25) is 0 Å². The van der Waals surface area contributed by atoms with Gasteiger partial charge in [0.05, 0.1) is 5.57 Å². The number of aliphatic carboxylic acids is 1. The predicted molar refractivity (Wildman–Crippen MR) is 75.2 cm³/mol. The van der Waals surface area contributed by atoms with E-state index >= 15 is 0 Å². The normalized spacial score (nSPS) is 18.3. The summed E-state index contributed by atoms with van der Waals surface area (Å²) in [5, 5.41) is 9.09. The van der Waals surface area contributed by atoms with Gasteiger partial charge < -0.3 is 9.84 Å². The van der Waals surface area contributed by atoms with E-state index < -0.39 is 23.3 Å². The van der Waals surface area contributed by atoms with Crippen molar-refractivity contribution in [1.29, 1.82) is 0 Å². The molecule has 0 saturated carbocycles. The lowest BCUT2D eigenvalue weighted by atomic mass is 9.94. The molecule has 0 fully saturated rings. The monoisotopic (exact) mass is 300 g/mol. The first-order chi connectivity index (χ1) is 9.21. The van der Waals surface area contributed by atoms with Crippen LogP contribution >= 0.6 is 9.24 Å². The molecule has 1 N–H and O–H groups in total. The van der Waals surface area contributed by atoms with E-state index in [1.54, 1.807) is 18.2 Å². The Bertz CT molecular complexity index is 576. The van der Waals surface area contributed by atoms with Gasteiger partial charge in [-0.3, -0.25) is 0 Å². The highest BCUT2D eigenvalue weighted by atomic mass is 31.0. The minimum Gasteiger partial charge on any atom is -0.478 e. The second kappa shape index (κ2) is 5.13. The van der Waals surface area contributed by atoms with Crippen molar-refractivity contribution < 1.29 is 23.4 Å². The standard InChI is InChI=1S/C14H15F2O3P/c1-7(2)9-5-3-4-8-6-10(13(17)18)12(14(15,16)20)19-11(8)9/h3-7,12H,20H2,1-2H3,(H,17,18). The largest absolute Gasteiger partial charge is 0.478 e. The minimum atomic E-state index is -3.36. The summed E-state index contributed by atoms with van der Waals surface area (Å²) in [6.45, 7) is 3.84. The fourth-order valence-corrected chi connectivity index (χ4v) is 2.41. The van der Waals surface area contributed by atoms with E-state index in [9.17, 15) is 13.6 Å². The van der Waals surface area contributed by atoms with Gasteiger partial charge in [0.1, 0.15) is 5.75 Å². The molecule has 1 aliphatic rings. The molecule has 108 valence electrons. The molecule has 0 aliphatic carbocycles. The highest BCUT2D eigenvalue weighted by Crippen LogP contribution is 2.42. The highest BCUT2D eigenvalue weighted by molar-refractivity contribution is 7.18. The molecule has 0 saturated heterocycles. The first kappa shape index (κ1) is 14.9. The molecular formula is C14H15F2O3P. The average Bonchev–Trinajstić information content (AvgIpc) is 2.35. The molecule has 1 aliphatic heterocycles. The minimum absolute atomic E-state index is 0.0866. The molecule has 0 amide bonds. The first-order valence-electron chi connectivity index (χ1n) is 6.13. The Morgan fingerprint density at radius 2 is 2.10 bits per heavy atom. The third kappa shape index (κ3) is 2.68. The van der Waals surface area contributed by atoms with E-state index in [0.29, 0.717) is 11.3 Å². The van der Waals surface area contributed by atoms with E-state index in [4.69, 9.17) is 9.84 Å². The predicted octanol–water partition coefficient (Wildman–Crippen LogP) is 3.51. The second-order valence-corrected chi connectivity index (χ2v) is 5.77. The van der Waals surface area contributed by atoms with Gasteiger partial charge in [-0.05, 0) is 17.6 Å². The topological polar surface area (TPSA) is 46.5 Å². The third-order valence-electron chi connectivity index (χ3n) is 3.12. The van der Waals surface area contributed by atoms with Gasteiger partial charge in [-0.1, -0.05) is 41.3 Å². The van der Waals surface area contributed by atoms with Crippen LogP contribution in [0.3, 0.4) is 0 Å². The summed E-state index contributed by atoms with van der Waals surface area (Å²) in [7, 11) is 1.35. The zero-order valence-electron chi connectivity index (χ0n) is 11.1. The van der Waals surface area contributed by atoms with Crippen molar-refractivity contribution >= 4 is 21.3 Å².